The molecule has 0 aliphatic heterocycles. The minimum Gasteiger partial charge on any atom is -0.456 e. The van der Waals surface area contributed by atoms with Gasteiger partial charge in [-0.1, -0.05) is 84.9 Å². The van der Waals surface area contributed by atoms with Crippen LogP contribution in [-0.4, -0.2) is 9.13 Å². The standard InChI is InChI=1S/C48H28N2O2/c1-2-10-31(11-3-1)49-40-15-7-4-12-33(40)37-26-29(18-22-42(37)49)30-19-23-43-38(27-30)34-13-5-8-16-41(34)50(43)32-20-24-45-39(28-32)35-21-25-46-47(48(35)52-45)36-14-6-9-17-44(36)51-46/h1-28H. The molecule has 0 aliphatic carbocycles. The Labute approximate surface area is 296 Å². The molecular weight excluding hydrogens is 637 g/mol. The lowest BCUT2D eigenvalue weighted by molar-refractivity contribution is 0.663. The van der Waals surface area contributed by atoms with Crippen molar-refractivity contribution >= 4 is 87.5 Å². The van der Waals surface area contributed by atoms with Crippen LogP contribution >= 0.6 is 0 Å². The second kappa shape index (κ2) is 10.3. The first-order valence-corrected chi connectivity index (χ1v) is 17.7. The number of benzene rings is 8. The van der Waals surface area contributed by atoms with Crippen molar-refractivity contribution in [3.63, 3.8) is 0 Å². The van der Waals surface area contributed by atoms with Crippen molar-refractivity contribution in [2.24, 2.45) is 0 Å². The van der Waals surface area contributed by atoms with E-state index in [0.29, 0.717) is 0 Å². The van der Waals surface area contributed by atoms with Gasteiger partial charge in [-0.15, -0.1) is 0 Å². The van der Waals surface area contributed by atoms with Crippen LogP contribution in [0.3, 0.4) is 0 Å². The summed E-state index contributed by atoms with van der Waals surface area (Å²) in [6.45, 7) is 0. The minimum atomic E-state index is 0.840. The van der Waals surface area contributed by atoms with Gasteiger partial charge in [0.1, 0.15) is 22.3 Å². The fourth-order valence-corrected chi connectivity index (χ4v) is 8.61. The van der Waals surface area contributed by atoms with E-state index in [-0.39, 0.29) is 0 Å². The molecule has 0 fully saturated rings. The van der Waals surface area contributed by atoms with E-state index < -0.39 is 0 Å². The molecule has 8 aromatic carbocycles. The average Bonchev–Trinajstić information content (AvgIpc) is 3.95. The summed E-state index contributed by atoms with van der Waals surface area (Å²) < 4.78 is 17.5. The maximum absolute atomic E-state index is 6.56. The van der Waals surface area contributed by atoms with E-state index in [1.165, 1.54) is 60.4 Å². The van der Waals surface area contributed by atoms with Gasteiger partial charge in [0, 0.05) is 49.1 Å². The summed E-state index contributed by atoms with van der Waals surface area (Å²) in [5, 5.41) is 9.23. The molecule has 0 amide bonds. The molecule has 0 saturated carbocycles. The van der Waals surface area contributed by atoms with Crippen LogP contribution in [0.15, 0.2) is 179 Å². The van der Waals surface area contributed by atoms with Gasteiger partial charge in [-0.05, 0) is 96.1 Å². The van der Waals surface area contributed by atoms with E-state index in [2.05, 4.69) is 161 Å². The number of furan rings is 2. The maximum Gasteiger partial charge on any atom is 0.147 e. The number of para-hydroxylation sites is 4. The molecule has 0 saturated heterocycles. The zero-order valence-corrected chi connectivity index (χ0v) is 27.9. The Hall–Kier alpha value is -7.04. The Morgan fingerprint density at radius 3 is 1.58 bits per heavy atom. The molecule has 0 radical (unpaired) electrons. The monoisotopic (exact) mass is 664 g/mol. The molecule has 4 aromatic heterocycles. The average molecular weight is 665 g/mol. The Balaban J connectivity index is 1.04. The number of hydrogen-bond donors (Lipinski definition) is 0. The van der Waals surface area contributed by atoms with Crippen molar-refractivity contribution < 1.29 is 8.83 Å². The van der Waals surface area contributed by atoms with Crippen LogP contribution in [0.5, 0.6) is 0 Å². The minimum absolute atomic E-state index is 0.840. The molecular formula is C48H28N2O2. The van der Waals surface area contributed by atoms with Crippen LogP contribution in [-0.2, 0) is 0 Å². The number of nitrogens with zero attached hydrogens (tertiary/aromatic N) is 2. The molecule has 242 valence electrons. The molecule has 0 spiro atoms. The van der Waals surface area contributed by atoms with Gasteiger partial charge in [0.2, 0.25) is 0 Å². The second-order valence-electron chi connectivity index (χ2n) is 13.7. The van der Waals surface area contributed by atoms with Crippen molar-refractivity contribution in [1.29, 1.82) is 0 Å². The van der Waals surface area contributed by atoms with Gasteiger partial charge < -0.3 is 18.0 Å². The van der Waals surface area contributed by atoms with Crippen molar-refractivity contribution in [3.05, 3.63) is 170 Å². The van der Waals surface area contributed by atoms with Gasteiger partial charge in [-0.3, -0.25) is 0 Å². The molecule has 0 N–H and O–H groups in total. The van der Waals surface area contributed by atoms with Crippen LogP contribution in [0.25, 0.3) is 110 Å². The normalized spacial score (nSPS) is 12.2. The quantitative estimate of drug-likeness (QED) is 0.188. The molecule has 4 nitrogen and oxygen atoms in total. The smallest absolute Gasteiger partial charge is 0.147 e. The molecule has 0 unspecified atom stereocenters. The van der Waals surface area contributed by atoms with Crippen LogP contribution in [0.2, 0.25) is 0 Å². The fourth-order valence-electron chi connectivity index (χ4n) is 8.61. The number of hydrogen-bond acceptors (Lipinski definition) is 2. The van der Waals surface area contributed by atoms with Gasteiger partial charge >= 0.3 is 0 Å². The highest BCUT2D eigenvalue weighted by Crippen LogP contribution is 2.42. The summed E-state index contributed by atoms with van der Waals surface area (Å²) in [6.07, 6.45) is 0. The van der Waals surface area contributed by atoms with E-state index in [9.17, 15) is 0 Å². The largest absolute Gasteiger partial charge is 0.456 e. The molecule has 0 bridgehead atoms. The second-order valence-corrected chi connectivity index (χ2v) is 13.7. The van der Waals surface area contributed by atoms with Crippen molar-refractivity contribution in [3.8, 4) is 22.5 Å². The van der Waals surface area contributed by atoms with Crippen LogP contribution in [0.4, 0.5) is 0 Å². The van der Waals surface area contributed by atoms with Crippen molar-refractivity contribution in [1.82, 2.24) is 9.13 Å². The van der Waals surface area contributed by atoms with Crippen LogP contribution in [0.1, 0.15) is 0 Å². The fraction of sp³-hybridized carbons (Fsp3) is 0. The topological polar surface area (TPSA) is 36.1 Å². The van der Waals surface area contributed by atoms with Gasteiger partial charge in [0.05, 0.1) is 27.5 Å². The van der Waals surface area contributed by atoms with E-state index in [1.807, 2.05) is 18.2 Å². The summed E-state index contributed by atoms with van der Waals surface area (Å²) >= 11 is 0. The summed E-state index contributed by atoms with van der Waals surface area (Å²) in [6, 6.07) is 60.8. The lowest BCUT2D eigenvalue weighted by Crippen LogP contribution is -1.93. The highest BCUT2D eigenvalue weighted by atomic mass is 16.3. The third-order valence-electron chi connectivity index (χ3n) is 10.9. The predicted octanol–water partition coefficient (Wildman–Crippen LogP) is 13.3. The molecule has 12 aromatic rings. The van der Waals surface area contributed by atoms with Crippen molar-refractivity contribution in [2.75, 3.05) is 0 Å². The summed E-state index contributed by atoms with van der Waals surface area (Å²) in [5.74, 6) is 0. The molecule has 0 aliphatic rings. The molecule has 4 heteroatoms. The third-order valence-corrected chi connectivity index (χ3v) is 10.9. The van der Waals surface area contributed by atoms with Crippen molar-refractivity contribution in [2.45, 2.75) is 0 Å². The predicted molar refractivity (Wildman–Crippen MR) is 215 cm³/mol. The van der Waals surface area contributed by atoms with Crippen LogP contribution < -0.4 is 0 Å². The van der Waals surface area contributed by atoms with Crippen LogP contribution in [0, 0.1) is 0 Å². The molecule has 4 heterocycles. The molecule has 52 heavy (non-hydrogen) atoms. The Bertz CT molecular complexity index is 3410. The first-order valence-electron chi connectivity index (χ1n) is 17.7. The first kappa shape index (κ1) is 27.7. The van der Waals surface area contributed by atoms with Gasteiger partial charge in [0.15, 0.2) is 0 Å². The number of rotatable bonds is 3. The van der Waals surface area contributed by atoms with Gasteiger partial charge in [-0.2, -0.15) is 0 Å². The number of fused-ring (bicyclic) bond motifs is 13. The third kappa shape index (κ3) is 3.75. The maximum atomic E-state index is 6.56. The lowest BCUT2D eigenvalue weighted by atomic mass is 10.0. The van der Waals surface area contributed by atoms with E-state index in [0.717, 1.165) is 49.6 Å². The number of aromatic nitrogens is 2. The SMILES string of the molecule is c1ccc(-n2c3ccccc3c3cc(-c4ccc5c(c4)c4ccccc4n5-c4ccc5oc6c(ccc7oc8ccccc8c76)c5c4)ccc32)cc1. The highest BCUT2D eigenvalue weighted by molar-refractivity contribution is 6.22. The Morgan fingerprint density at radius 2 is 0.865 bits per heavy atom. The Kier molecular flexibility index (Phi) is 5.47. The Morgan fingerprint density at radius 1 is 0.308 bits per heavy atom. The summed E-state index contributed by atoms with van der Waals surface area (Å²) in [7, 11) is 0. The van der Waals surface area contributed by atoms with E-state index >= 15 is 0 Å². The summed E-state index contributed by atoms with van der Waals surface area (Å²) in [5.41, 5.74) is 12.9. The molecule has 12 rings (SSSR count). The molecule has 0 atom stereocenters. The lowest BCUT2D eigenvalue weighted by Gasteiger charge is -2.09. The van der Waals surface area contributed by atoms with E-state index in [1.54, 1.807) is 0 Å². The van der Waals surface area contributed by atoms with E-state index in [4.69, 9.17) is 8.83 Å². The zero-order valence-electron chi connectivity index (χ0n) is 27.9. The van der Waals surface area contributed by atoms with Gasteiger partial charge in [-0.25, -0.2) is 0 Å². The van der Waals surface area contributed by atoms with Gasteiger partial charge in [0.25, 0.3) is 0 Å². The first-order chi connectivity index (χ1) is 25.8. The summed E-state index contributed by atoms with van der Waals surface area (Å²) in [4.78, 5) is 0. The zero-order chi connectivity index (χ0) is 33.9. The highest BCUT2D eigenvalue weighted by Gasteiger charge is 2.19.